The van der Waals surface area contributed by atoms with Crippen LogP contribution in [-0.4, -0.2) is 11.8 Å². The second-order valence-electron chi connectivity index (χ2n) is 4.93. The molecule has 0 saturated carbocycles. The first-order valence-electron chi connectivity index (χ1n) is 6.24. The monoisotopic (exact) mass is 269 g/mol. The SMILES string of the molecule is Cc1ccc(N2C(=O)c3ccc(F)cc3C2=O)c(C)c1. The fourth-order valence-electron chi connectivity index (χ4n) is 2.49. The number of halogens is 1. The van der Waals surface area contributed by atoms with E-state index in [-0.39, 0.29) is 11.1 Å². The van der Waals surface area contributed by atoms with Crippen molar-refractivity contribution in [1.82, 2.24) is 0 Å². The lowest BCUT2D eigenvalue weighted by atomic mass is 10.1. The van der Waals surface area contributed by atoms with Crippen LogP contribution in [0, 0.1) is 19.7 Å². The van der Waals surface area contributed by atoms with Crippen LogP contribution in [0.15, 0.2) is 36.4 Å². The number of amides is 2. The predicted molar refractivity (Wildman–Crippen MR) is 73.5 cm³/mol. The number of hydrogen-bond acceptors (Lipinski definition) is 2. The third-order valence-electron chi connectivity index (χ3n) is 3.44. The van der Waals surface area contributed by atoms with Gasteiger partial charge in [0.1, 0.15) is 5.82 Å². The summed E-state index contributed by atoms with van der Waals surface area (Å²) in [6.07, 6.45) is 0. The summed E-state index contributed by atoms with van der Waals surface area (Å²) >= 11 is 0. The number of carbonyl (C=O) groups excluding carboxylic acids is 2. The minimum absolute atomic E-state index is 0.120. The zero-order valence-corrected chi connectivity index (χ0v) is 11.1. The molecule has 2 aromatic rings. The van der Waals surface area contributed by atoms with Crippen molar-refractivity contribution in [3.05, 3.63) is 64.5 Å². The van der Waals surface area contributed by atoms with E-state index in [4.69, 9.17) is 0 Å². The van der Waals surface area contributed by atoms with E-state index in [0.29, 0.717) is 5.69 Å². The first-order chi connectivity index (χ1) is 9.49. The molecular formula is C16H12FNO2. The Morgan fingerprint density at radius 2 is 1.60 bits per heavy atom. The maximum absolute atomic E-state index is 13.2. The average molecular weight is 269 g/mol. The molecule has 20 heavy (non-hydrogen) atoms. The van der Waals surface area contributed by atoms with E-state index in [0.717, 1.165) is 22.1 Å². The largest absolute Gasteiger partial charge is 0.268 e. The zero-order valence-electron chi connectivity index (χ0n) is 11.1. The van der Waals surface area contributed by atoms with Gasteiger partial charge in [-0.3, -0.25) is 9.59 Å². The van der Waals surface area contributed by atoms with Crippen molar-refractivity contribution in [2.75, 3.05) is 4.90 Å². The molecule has 2 aromatic carbocycles. The van der Waals surface area contributed by atoms with Gasteiger partial charge in [-0.05, 0) is 43.7 Å². The van der Waals surface area contributed by atoms with Gasteiger partial charge in [0, 0.05) is 0 Å². The summed E-state index contributed by atoms with van der Waals surface area (Å²) in [5.74, 6) is -1.40. The summed E-state index contributed by atoms with van der Waals surface area (Å²) in [6, 6.07) is 9.14. The fraction of sp³-hybridized carbons (Fsp3) is 0.125. The first-order valence-corrected chi connectivity index (χ1v) is 6.24. The van der Waals surface area contributed by atoms with Crippen LogP contribution in [0.5, 0.6) is 0 Å². The molecule has 1 aliphatic rings. The van der Waals surface area contributed by atoms with Gasteiger partial charge >= 0.3 is 0 Å². The standard InChI is InChI=1S/C16H12FNO2/c1-9-3-6-14(10(2)7-9)18-15(19)12-5-4-11(17)8-13(12)16(18)20/h3-8H,1-2H3. The average Bonchev–Trinajstić information content (AvgIpc) is 2.63. The number of rotatable bonds is 1. The predicted octanol–water partition coefficient (Wildman–Crippen LogP) is 3.24. The molecule has 0 saturated heterocycles. The summed E-state index contributed by atoms with van der Waals surface area (Å²) < 4.78 is 13.2. The van der Waals surface area contributed by atoms with Gasteiger partial charge in [0.25, 0.3) is 11.8 Å². The molecule has 0 atom stereocenters. The molecule has 1 aliphatic heterocycles. The molecule has 3 rings (SSSR count). The molecule has 1 heterocycles. The maximum Gasteiger partial charge on any atom is 0.266 e. The highest BCUT2D eigenvalue weighted by atomic mass is 19.1. The second kappa shape index (κ2) is 4.27. The van der Waals surface area contributed by atoms with Gasteiger partial charge in [-0.1, -0.05) is 17.7 Å². The number of aryl methyl sites for hydroxylation is 2. The van der Waals surface area contributed by atoms with E-state index in [9.17, 15) is 14.0 Å². The molecule has 0 radical (unpaired) electrons. The highest BCUT2D eigenvalue weighted by Crippen LogP contribution is 2.31. The Hall–Kier alpha value is -2.49. The van der Waals surface area contributed by atoms with Crippen molar-refractivity contribution < 1.29 is 14.0 Å². The molecule has 0 N–H and O–H groups in total. The maximum atomic E-state index is 13.2. The Kier molecular flexibility index (Phi) is 2.67. The highest BCUT2D eigenvalue weighted by molar-refractivity contribution is 6.34. The third kappa shape index (κ3) is 1.72. The molecule has 0 unspecified atom stereocenters. The van der Waals surface area contributed by atoms with Crippen LogP contribution in [0.25, 0.3) is 0 Å². The van der Waals surface area contributed by atoms with E-state index in [1.807, 2.05) is 26.0 Å². The summed E-state index contributed by atoms with van der Waals surface area (Å²) in [5.41, 5.74) is 2.79. The van der Waals surface area contributed by atoms with Crippen molar-refractivity contribution in [3.63, 3.8) is 0 Å². The summed E-state index contributed by atoms with van der Waals surface area (Å²) in [5, 5.41) is 0. The van der Waals surface area contributed by atoms with Gasteiger partial charge in [-0.15, -0.1) is 0 Å². The fourth-order valence-corrected chi connectivity index (χ4v) is 2.49. The lowest BCUT2D eigenvalue weighted by Gasteiger charge is -2.16. The van der Waals surface area contributed by atoms with E-state index < -0.39 is 17.6 Å². The molecule has 3 nitrogen and oxygen atoms in total. The Morgan fingerprint density at radius 1 is 0.900 bits per heavy atom. The Morgan fingerprint density at radius 3 is 2.30 bits per heavy atom. The quantitative estimate of drug-likeness (QED) is 0.745. The summed E-state index contributed by atoms with van der Waals surface area (Å²) in [7, 11) is 0. The Balaban J connectivity index is 2.14. The molecule has 4 heteroatoms. The van der Waals surface area contributed by atoms with E-state index in [1.54, 1.807) is 6.07 Å². The smallest absolute Gasteiger partial charge is 0.266 e. The summed E-state index contributed by atoms with van der Waals surface area (Å²) in [4.78, 5) is 25.8. The van der Waals surface area contributed by atoms with Crippen molar-refractivity contribution >= 4 is 17.5 Å². The number of benzene rings is 2. The first kappa shape index (κ1) is 12.5. The Bertz CT molecular complexity index is 752. The van der Waals surface area contributed by atoms with Crippen LogP contribution in [-0.2, 0) is 0 Å². The number of hydrogen-bond donors (Lipinski definition) is 0. The number of carbonyl (C=O) groups is 2. The van der Waals surface area contributed by atoms with Gasteiger partial charge in [-0.25, -0.2) is 9.29 Å². The van der Waals surface area contributed by atoms with Gasteiger partial charge in [0.2, 0.25) is 0 Å². The molecule has 0 bridgehead atoms. The normalized spacial score (nSPS) is 13.8. The van der Waals surface area contributed by atoms with E-state index in [1.165, 1.54) is 12.1 Å². The molecule has 0 aliphatic carbocycles. The highest BCUT2D eigenvalue weighted by Gasteiger charge is 2.37. The molecule has 0 aromatic heterocycles. The second-order valence-corrected chi connectivity index (χ2v) is 4.93. The van der Waals surface area contributed by atoms with Gasteiger partial charge in [0.05, 0.1) is 16.8 Å². The van der Waals surface area contributed by atoms with E-state index in [2.05, 4.69) is 0 Å². The van der Waals surface area contributed by atoms with Crippen LogP contribution < -0.4 is 4.90 Å². The molecule has 0 fully saturated rings. The van der Waals surface area contributed by atoms with Crippen LogP contribution in [0.3, 0.4) is 0 Å². The lowest BCUT2D eigenvalue weighted by Crippen LogP contribution is -2.30. The number of anilines is 1. The lowest BCUT2D eigenvalue weighted by molar-refractivity contribution is 0.0926. The van der Waals surface area contributed by atoms with Crippen molar-refractivity contribution in [1.29, 1.82) is 0 Å². The third-order valence-corrected chi connectivity index (χ3v) is 3.44. The molecule has 0 spiro atoms. The van der Waals surface area contributed by atoms with Crippen molar-refractivity contribution in [2.24, 2.45) is 0 Å². The Labute approximate surface area is 115 Å². The van der Waals surface area contributed by atoms with Crippen LogP contribution in [0.1, 0.15) is 31.8 Å². The molecule has 2 amide bonds. The van der Waals surface area contributed by atoms with Gasteiger partial charge < -0.3 is 0 Å². The van der Waals surface area contributed by atoms with Gasteiger partial charge in [-0.2, -0.15) is 0 Å². The number of nitrogens with zero attached hydrogens (tertiary/aromatic N) is 1. The van der Waals surface area contributed by atoms with Crippen LogP contribution in [0.4, 0.5) is 10.1 Å². The van der Waals surface area contributed by atoms with Crippen LogP contribution >= 0.6 is 0 Å². The zero-order chi connectivity index (χ0) is 14.4. The van der Waals surface area contributed by atoms with E-state index >= 15 is 0 Å². The minimum atomic E-state index is -0.521. The number of fused-ring (bicyclic) bond motifs is 1. The minimum Gasteiger partial charge on any atom is -0.268 e. The topological polar surface area (TPSA) is 37.4 Å². The van der Waals surface area contributed by atoms with Crippen molar-refractivity contribution in [2.45, 2.75) is 13.8 Å². The summed E-state index contributed by atoms with van der Waals surface area (Å²) in [6.45, 7) is 3.78. The van der Waals surface area contributed by atoms with Crippen molar-refractivity contribution in [3.8, 4) is 0 Å². The molecule has 100 valence electrons. The molecular weight excluding hydrogens is 257 g/mol. The van der Waals surface area contributed by atoms with Crippen LogP contribution in [0.2, 0.25) is 0 Å². The van der Waals surface area contributed by atoms with Gasteiger partial charge in [0.15, 0.2) is 0 Å². The number of imide groups is 1.